The van der Waals surface area contributed by atoms with Crippen LogP contribution >= 0.6 is 11.8 Å². The lowest BCUT2D eigenvalue weighted by Gasteiger charge is -2.22. The zero-order valence-corrected chi connectivity index (χ0v) is 13.4. The lowest BCUT2D eigenvalue weighted by Crippen LogP contribution is -2.32. The Morgan fingerprint density at radius 2 is 1.95 bits per heavy atom. The van der Waals surface area contributed by atoms with Gasteiger partial charge in [0.05, 0.1) is 0 Å². The molecule has 2 rings (SSSR count). The van der Waals surface area contributed by atoms with Crippen molar-refractivity contribution in [2.24, 2.45) is 7.05 Å². The Morgan fingerprint density at radius 1 is 1.26 bits per heavy atom. The largest absolute Gasteiger partial charge is 0.346 e. The standard InChI is InChI=1S/C16H24N2S/c1-12-13-8-6-7-9-14(13)18(4)15(12)10-17-11-16(2,3)19-5/h6-9,17H,10-11H2,1-5H3. The predicted octanol–water partition coefficient (Wildman–Crippen LogP) is 3.72. The number of hydrogen-bond donors (Lipinski definition) is 1. The highest BCUT2D eigenvalue weighted by molar-refractivity contribution is 7.99. The van der Waals surface area contributed by atoms with Gasteiger partial charge in [-0.15, -0.1) is 0 Å². The van der Waals surface area contributed by atoms with Crippen molar-refractivity contribution in [1.82, 2.24) is 9.88 Å². The summed E-state index contributed by atoms with van der Waals surface area (Å²) in [6.07, 6.45) is 2.17. The molecule has 1 heterocycles. The summed E-state index contributed by atoms with van der Waals surface area (Å²) in [5.41, 5.74) is 4.10. The van der Waals surface area contributed by atoms with E-state index in [1.807, 2.05) is 11.8 Å². The number of rotatable bonds is 5. The van der Waals surface area contributed by atoms with Crippen molar-refractivity contribution in [2.45, 2.75) is 32.1 Å². The van der Waals surface area contributed by atoms with E-state index in [9.17, 15) is 0 Å². The Kier molecular flexibility index (Phi) is 4.26. The van der Waals surface area contributed by atoms with Gasteiger partial charge in [-0.25, -0.2) is 0 Å². The summed E-state index contributed by atoms with van der Waals surface area (Å²) in [4.78, 5) is 0. The van der Waals surface area contributed by atoms with Crippen LogP contribution in [0.1, 0.15) is 25.1 Å². The normalized spacial score (nSPS) is 12.3. The van der Waals surface area contributed by atoms with Crippen LogP contribution in [0, 0.1) is 6.92 Å². The molecule has 0 aliphatic rings. The van der Waals surface area contributed by atoms with Crippen LogP contribution in [0.2, 0.25) is 0 Å². The molecular formula is C16H24N2S. The monoisotopic (exact) mass is 276 g/mol. The van der Waals surface area contributed by atoms with Gasteiger partial charge >= 0.3 is 0 Å². The van der Waals surface area contributed by atoms with E-state index in [-0.39, 0.29) is 0 Å². The second-order valence-electron chi connectivity index (χ2n) is 5.72. The van der Waals surface area contributed by atoms with Gasteiger partial charge in [-0.1, -0.05) is 18.2 Å². The first kappa shape index (κ1) is 14.5. The van der Waals surface area contributed by atoms with Gasteiger partial charge in [-0.2, -0.15) is 11.8 Å². The molecule has 0 aliphatic heterocycles. The number of benzene rings is 1. The van der Waals surface area contributed by atoms with Crippen molar-refractivity contribution in [3.63, 3.8) is 0 Å². The number of thioether (sulfide) groups is 1. The first-order chi connectivity index (χ1) is 8.96. The van der Waals surface area contributed by atoms with Gasteiger partial charge in [-0.3, -0.25) is 0 Å². The van der Waals surface area contributed by atoms with Crippen molar-refractivity contribution < 1.29 is 0 Å². The van der Waals surface area contributed by atoms with Gasteiger partial charge in [0.2, 0.25) is 0 Å². The van der Waals surface area contributed by atoms with Crippen LogP contribution in [0.15, 0.2) is 24.3 Å². The average Bonchev–Trinajstić information content (AvgIpc) is 2.64. The maximum absolute atomic E-state index is 3.59. The van der Waals surface area contributed by atoms with Crippen LogP contribution in [-0.4, -0.2) is 22.1 Å². The highest BCUT2D eigenvalue weighted by atomic mass is 32.2. The minimum atomic E-state index is 0.290. The Bertz CT molecular complexity index is 530. The third-order valence-electron chi connectivity index (χ3n) is 3.90. The summed E-state index contributed by atoms with van der Waals surface area (Å²) in [7, 11) is 2.16. The minimum Gasteiger partial charge on any atom is -0.346 e. The number of nitrogens with zero attached hydrogens (tertiary/aromatic N) is 1. The van der Waals surface area contributed by atoms with Crippen molar-refractivity contribution >= 4 is 22.7 Å². The van der Waals surface area contributed by atoms with E-state index in [4.69, 9.17) is 0 Å². The summed E-state index contributed by atoms with van der Waals surface area (Å²) in [5, 5.41) is 4.96. The molecule has 0 unspecified atom stereocenters. The Labute approximate surface area is 120 Å². The fraction of sp³-hybridized carbons (Fsp3) is 0.500. The molecule has 0 spiro atoms. The highest BCUT2D eigenvalue weighted by Crippen LogP contribution is 2.25. The van der Waals surface area contributed by atoms with E-state index in [0.717, 1.165) is 13.1 Å². The third-order valence-corrected chi connectivity index (χ3v) is 5.15. The number of aryl methyl sites for hydroxylation is 2. The predicted molar refractivity (Wildman–Crippen MR) is 87.0 cm³/mol. The molecule has 104 valence electrons. The molecule has 1 aromatic carbocycles. The quantitative estimate of drug-likeness (QED) is 0.896. The summed E-state index contributed by atoms with van der Waals surface area (Å²) >= 11 is 1.91. The molecule has 0 aliphatic carbocycles. The molecule has 2 aromatic rings. The molecule has 0 fully saturated rings. The maximum atomic E-state index is 3.59. The van der Waals surface area contributed by atoms with Crippen molar-refractivity contribution in [2.75, 3.05) is 12.8 Å². The van der Waals surface area contributed by atoms with Crippen LogP contribution in [0.3, 0.4) is 0 Å². The summed E-state index contributed by atoms with van der Waals surface area (Å²) in [5.74, 6) is 0. The molecule has 19 heavy (non-hydrogen) atoms. The summed E-state index contributed by atoms with van der Waals surface area (Å²) in [6.45, 7) is 8.73. The Hall–Kier alpha value is -0.930. The smallest absolute Gasteiger partial charge is 0.0483 e. The topological polar surface area (TPSA) is 17.0 Å². The van der Waals surface area contributed by atoms with Crippen LogP contribution in [0.25, 0.3) is 10.9 Å². The molecule has 0 atom stereocenters. The average molecular weight is 276 g/mol. The molecule has 0 saturated carbocycles. The fourth-order valence-electron chi connectivity index (χ4n) is 2.44. The number of nitrogens with one attached hydrogen (secondary N) is 1. The molecule has 1 aromatic heterocycles. The van der Waals surface area contributed by atoms with E-state index in [1.54, 1.807) is 0 Å². The Morgan fingerprint density at radius 3 is 2.58 bits per heavy atom. The van der Waals surface area contributed by atoms with Gasteiger partial charge in [0.15, 0.2) is 0 Å². The van der Waals surface area contributed by atoms with Gasteiger partial charge < -0.3 is 9.88 Å². The van der Waals surface area contributed by atoms with E-state index in [1.165, 1.54) is 22.2 Å². The Balaban J connectivity index is 2.17. The van der Waals surface area contributed by atoms with Gasteiger partial charge in [-0.05, 0) is 38.7 Å². The summed E-state index contributed by atoms with van der Waals surface area (Å²) in [6, 6.07) is 8.62. The zero-order valence-electron chi connectivity index (χ0n) is 12.6. The highest BCUT2D eigenvalue weighted by Gasteiger charge is 2.16. The minimum absolute atomic E-state index is 0.290. The summed E-state index contributed by atoms with van der Waals surface area (Å²) < 4.78 is 2.60. The van der Waals surface area contributed by atoms with E-state index in [2.05, 4.69) is 68.2 Å². The van der Waals surface area contributed by atoms with Gasteiger partial charge in [0.25, 0.3) is 0 Å². The molecule has 1 N–H and O–H groups in total. The van der Waals surface area contributed by atoms with Crippen molar-refractivity contribution in [1.29, 1.82) is 0 Å². The van der Waals surface area contributed by atoms with Crippen LogP contribution in [0.4, 0.5) is 0 Å². The molecular weight excluding hydrogens is 252 g/mol. The molecule has 3 heteroatoms. The molecule has 0 radical (unpaired) electrons. The molecule has 0 amide bonds. The van der Waals surface area contributed by atoms with E-state index in [0.29, 0.717) is 4.75 Å². The lowest BCUT2D eigenvalue weighted by molar-refractivity contribution is 0.577. The number of aromatic nitrogens is 1. The number of para-hydroxylation sites is 1. The van der Waals surface area contributed by atoms with Crippen LogP contribution in [-0.2, 0) is 13.6 Å². The fourth-order valence-corrected chi connectivity index (χ4v) is 2.69. The zero-order chi connectivity index (χ0) is 14.0. The van der Waals surface area contributed by atoms with E-state index >= 15 is 0 Å². The van der Waals surface area contributed by atoms with Gasteiger partial charge in [0.1, 0.15) is 0 Å². The van der Waals surface area contributed by atoms with E-state index < -0.39 is 0 Å². The van der Waals surface area contributed by atoms with Crippen LogP contribution in [0.5, 0.6) is 0 Å². The molecule has 0 saturated heterocycles. The van der Waals surface area contributed by atoms with Crippen molar-refractivity contribution in [3.8, 4) is 0 Å². The number of fused-ring (bicyclic) bond motifs is 1. The third kappa shape index (κ3) is 2.98. The number of hydrogen-bond acceptors (Lipinski definition) is 2. The second-order valence-corrected chi connectivity index (χ2v) is 7.23. The first-order valence-corrected chi connectivity index (χ1v) is 7.97. The first-order valence-electron chi connectivity index (χ1n) is 6.75. The van der Waals surface area contributed by atoms with Gasteiger partial charge in [0, 0.05) is 41.5 Å². The van der Waals surface area contributed by atoms with Crippen molar-refractivity contribution in [3.05, 3.63) is 35.5 Å². The van der Waals surface area contributed by atoms with Crippen LogP contribution < -0.4 is 5.32 Å². The SMILES string of the molecule is CSC(C)(C)CNCc1c(C)c2ccccc2n1C. The lowest BCUT2D eigenvalue weighted by atomic mass is 10.1. The maximum Gasteiger partial charge on any atom is 0.0483 e. The molecule has 0 bridgehead atoms. The molecule has 2 nitrogen and oxygen atoms in total. The second kappa shape index (κ2) is 5.59.